The fraction of sp³-hybridized carbons (Fsp3) is 0. The van der Waals surface area contributed by atoms with E-state index < -0.39 is 0 Å². The molecule has 7 heteroatoms. The van der Waals surface area contributed by atoms with Gasteiger partial charge in [-0.15, -0.1) is 0 Å². The molecule has 0 saturated heterocycles. The Balaban J connectivity index is 2.35. The highest BCUT2D eigenvalue weighted by molar-refractivity contribution is 6.31. The van der Waals surface area contributed by atoms with Crippen LogP contribution in [0.1, 0.15) is 0 Å². The maximum atomic E-state index is 12.1. The first-order valence-corrected chi connectivity index (χ1v) is 5.17. The molecule has 6 nitrogen and oxygen atoms in total. The summed E-state index contributed by atoms with van der Waals surface area (Å²) in [5.41, 5.74) is 0.519. The fourth-order valence-corrected chi connectivity index (χ4v) is 1.75. The smallest absolute Gasteiger partial charge is 0.272 e. The van der Waals surface area contributed by atoms with Gasteiger partial charge in [-0.3, -0.25) is 9.89 Å². The second-order valence-electron chi connectivity index (χ2n) is 3.38. The van der Waals surface area contributed by atoms with Crippen molar-refractivity contribution in [3.05, 3.63) is 46.2 Å². The lowest BCUT2D eigenvalue weighted by molar-refractivity contribution is 0.813. The van der Waals surface area contributed by atoms with Crippen LogP contribution in [0.3, 0.4) is 0 Å². The van der Waals surface area contributed by atoms with Crippen molar-refractivity contribution in [3.8, 4) is 5.69 Å². The van der Waals surface area contributed by atoms with Gasteiger partial charge in [-0.1, -0.05) is 11.6 Å². The molecular formula is C10H6ClN5O. The molecule has 0 saturated carbocycles. The van der Waals surface area contributed by atoms with Crippen LogP contribution in [0.15, 0.2) is 35.5 Å². The van der Waals surface area contributed by atoms with Crippen LogP contribution >= 0.6 is 11.6 Å². The first kappa shape index (κ1) is 9.98. The Bertz CT molecular complexity index is 748. The molecule has 0 amide bonds. The molecule has 1 N–H and O–H groups in total. The molecule has 0 bridgehead atoms. The van der Waals surface area contributed by atoms with Gasteiger partial charge in [0.15, 0.2) is 5.15 Å². The van der Waals surface area contributed by atoms with Gasteiger partial charge in [0, 0.05) is 11.6 Å². The molecule has 84 valence electrons. The first-order chi connectivity index (χ1) is 8.27. The fourth-order valence-electron chi connectivity index (χ4n) is 1.55. The van der Waals surface area contributed by atoms with Crippen LogP contribution < -0.4 is 5.56 Å². The normalized spacial score (nSPS) is 10.9. The van der Waals surface area contributed by atoms with Crippen molar-refractivity contribution in [2.45, 2.75) is 0 Å². The van der Waals surface area contributed by atoms with E-state index in [0.717, 1.165) is 0 Å². The molecule has 17 heavy (non-hydrogen) atoms. The van der Waals surface area contributed by atoms with E-state index in [4.69, 9.17) is 11.6 Å². The Morgan fingerprint density at radius 2 is 2.24 bits per heavy atom. The Morgan fingerprint density at radius 3 is 3.06 bits per heavy atom. The van der Waals surface area contributed by atoms with Crippen molar-refractivity contribution in [2.75, 3.05) is 0 Å². The van der Waals surface area contributed by atoms with Crippen molar-refractivity contribution in [1.29, 1.82) is 0 Å². The summed E-state index contributed by atoms with van der Waals surface area (Å²) in [4.78, 5) is 16.0. The zero-order chi connectivity index (χ0) is 11.8. The number of pyridine rings is 1. The van der Waals surface area contributed by atoms with E-state index in [0.29, 0.717) is 16.6 Å². The average molecular weight is 248 g/mol. The summed E-state index contributed by atoms with van der Waals surface area (Å²) < 4.78 is 1.19. The number of rotatable bonds is 1. The van der Waals surface area contributed by atoms with Crippen molar-refractivity contribution >= 4 is 22.5 Å². The minimum Gasteiger partial charge on any atom is -0.272 e. The lowest BCUT2D eigenvalue weighted by atomic mass is 10.3. The highest BCUT2D eigenvalue weighted by atomic mass is 35.5. The predicted molar refractivity (Wildman–Crippen MR) is 62.3 cm³/mol. The summed E-state index contributed by atoms with van der Waals surface area (Å²) in [6, 6.07) is 3.36. The monoisotopic (exact) mass is 247 g/mol. The molecule has 3 aromatic rings. The zero-order valence-electron chi connectivity index (χ0n) is 8.46. The summed E-state index contributed by atoms with van der Waals surface area (Å²) in [5.74, 6) is 0. The van der Waals surface area contributed by atoms with Gasteiger partial charge in [0.25, 0.3) is 5.56 Å². The van der Waals surface area contributed by atoms with Gasteiger partial charge in [-0.25, -0.2) is 4.98 Å². The van der Waals surface area contributed by atoms with Crippen molar-refractivity contribution in [1.82, 2.24) is 25.0 Å². The summed E-state index contributed by atoms with van der Waals surface area (Å²) in [6.45, 7) is 0. The molecule has 0 spiro atoms. The summed E-state index contributed by atoms with van der Waals surface area (Å²) in [5, 5.41) is 11.3. The summed E-state index contributed by atoms with van der Waals surface area (Å²) >= 11 is 5.92. The third kappa shape index (κ3) is 1.50. The van der Waals surface area contributed by atoms with Gasteiger partial charge in [-0.2, -0.15) is 14.9 Å². The Labute approximate surface area is 99.9 Å². The van der Waals surface area contributed by atoms with E-state index in [2.05, 4.69) is 20.3 Å². The van der Waals surface area contributed by atoms with E-state index >= 15 is 0 Å². The second kappa shape index (κ2) is 3.67. The van der Waals surface area contributed by atoms with E-state index in [1.165, 1.54) is 4.68 Å². The van der Waals surface area contributed by atoms with Crippen LogP contribution in [0.25, 0.3) is 16.6 Å². The number of H-pyrrole nitrogens is 1. The van der Waals surface area contributed by atoms with Crippen LogP contribution in [-0.2, 0) is 0 Å². The van der Waals surface area contributed by atoms with Gasteiger partial charge < -0.3 is 0 Å². The number of nitrogens with one attached hydrogen (secondary N) is 1. The standard InChI is InChI=1S/C10H6ClN5O/c11-9-7(2-1-3-12-9)16-10(17)8-6(5-14-16)4-13-15-8/h1-5H,(H,13,15). The van der Waals surface area contributed by atoms with Crippen LogP contribution in [0.5, 0.6) is 0 Å². The third-order valence-corrected chi connectivity index (χ3v) is 2.65. The third-order valence-electron chi connectivity index (χ3n) is 2.35. The maximum absolute atomic E-state index is 12.1. The van der Waals surface area contributed by atoms with E-state index in [9.17, 15) is 4.79 Å². The quantitative estimate of drug-likeness (QED) is 0.655. The molecule has 0 atom stereocenters. The number of hydrogen-bond acceptors (Lipinski definition) is 4. The molecule has 0 aliphatic rings. The molecule has 3 rings (SSSR count). The van der Waals surface area contributed by atoms with Crippen LogP contribution in [0.2, 0.25) is 5.15 Å². The lowest BCUT2D eigenvalue weighted by Gasteiger charge is -2.04. The average Bonchev–Trinajstić information content (AvgIpc) is 2.80. The predicted octanol–water partition coefficient (Wildman–Crippen LogP) is 1.16. The molecule has 0 radical (unpaired) electrons. The minimum atomic E-state index is -0.310. The number of aromatic amines is 1. The second-order valence-corrected chi connectivity index (χ2v) is 3.73. The highest BCUT2D eigenvalue weighted by Gasteiger charge is 2.10. The molecule has 0 aliphatic carbocycles. The number of halogens is 1. The Kier molecular flexibility index (Phi) is 2.15. The molecule has 3 heterocycles. The Hall–Kier alpha value is -2.21. The molecule has 0 fully saturated rings. The van der Waals surface area contributed by atoms with E-state index in [1.54, 1.807) is 30.7 Å². The number of hydrogen-bond donors (Lipinski definition) is 1. The van der Waals surface area contributed by atoms with Crippen LogP contribution in [0.4, 0.5) is 0 Å². The lowest BCUT2D eigenvalue weighted by Crippen LogP contribution is -2.21. The number of nitrogens with zero attached hydrogens (tertiary/aromatic N) is 4. The SMILES string of the molecule is O=c1c2[nH]ncc2cnn1-c1cccnc1Cl. The van der Waals surface area contributed by atoms with Crippen LogP contribution in [0, 0.1) is 0 Å². The van der Waals surface area contributed by atoms with Gasteiger partial charge >= 0.3 is 0 Å². The molecule has 3 aromatic heterocycles. The maximum Gasteiger partial charge on any atom is 0.297 e. The highest BCUT2D eigenvalue weighted by Crippen LogP contribution is 2.14. The number of fused-ring (bicyclic) bond motifs is 1. The number of aromatic nitrogens is 5. The molecule has 0 aromatic carbocycles. The molecular weight excluding hydrogens is 242 g/mol. The van der Waals surface area contributed by atoms with Gasteiger partial charge in [0.2, 0.25) is 0 Å². The van der Waals surface area contributed by atoms with Gasteiger partial charge in [-0.05, 0) is 12.1 Å². The Morgan fingerprint density at radius 1 is 1.35 bits per heavy atom. The van der Waals surface area contributed by atoms with Crippen LogP contribution in [-0.4, -0.2) is 25.0 Å². The molecule has 0 aliphatic heterocycles. The summed E-state index contributed by atoms with van der Waals surface area (Å²) in [7, 11) is 0. The van der Waals surface area contributed by atoms with Gasteiger partial charge in [0.1, 0.15) is 11.2 Å². The largest absolute Gasteiger partial charge is 0.297 e. The summed E-state index contributed by atoms with van der Waals surface area (Å²) in [6.07, 6.45) is 4.63. The minimum absolute atomic E-state index is 0.223. The molecule has 0 unspecified atom stereocenters. The zero-order valence-corrected chi connectivity index (χ0v) is 9.22. The topological polar surface area (TPSA) is 76.5 Å². The van der Waals surface area contributed by atoms with E-state index in [1.807, 2.05) is 0 Å². The van der Waals surface area contributed by atoms with Crippen molar-refractivity contribution in [3.63, 3.8) is 0 Å². The van der Waals surface area contributed by atoms with Crippen molar-refractivity contribution < 1.29 is 0 Å². The van der Waals surface area contributed by atoms with E-state index in [-0.39, 0.29) is 10.7 Å². The van der Waals surface area contributed by atoms with Crippen molar-refractivity contribution in [2.24, 2.45) is 0 Å². The first-order valence-electron chi connectivity index (χ1n) is 4.79. The van der Waals surface area contributed by atoms with Gasteiger partial charge in [0.05, 0.1) is 12.4 Å².